The number of nitriles is 1. The summed E-state index contributed by atoms with van der Waals surface area (Å²) in [5.41, 5.74) is 7.75. The molecule has 1 aromatic carbocycles. The SMILES string of the molecule is C[C@@H](c1cccc(C(=O)N(C)C)c1)N1C(=O)C2C[C@H]1CN2CC(N)C(=O)N1CCCC1C#N. The van der Waals surface area contributed by atoms with E-state index in [1.54, 1.807) is 25.1 Å². The van der Waals surface area contributed by atoms with Crippen molar-refractivity contribution in [3.05, 3.63) is 35.4 Å². The quantitative estimate of drug-likeness (QED) is 0.675. The molecule has 0 aliphatic carbocycles. The molecule has 3 heterocycles. The fraction of sp³-hybridized carbons (Fsp3) is 0.583. The fourth-order valence-electron chi connectivity index (χ4n) is 5.46. The summed E-state index contributed by atoms with van der Waals surface area (Å²) in [6, 6.07) is 8.10. The van der Waals surface area contributed by atoms with E-state index in [0.717, 1.165) is 12.0 Å². The molecule has 1 aromatic rings. The number of nitrogens with two attached hydrogens (primary N) is 1. The number of piperazine rings is 1. The maximum absolute atomic E-state index is 13.3. The van der Waals surface area contributed by atoms with Gasteiger partial charge < -0.3 is 20.4 Å². The second-order valence-corrected chi connectivity index (χ2v) is 9.53. The van der Waals surface area contributed by atoms with Crippen LogP contribution in [0.4, 0.5) is 0 Å². The van der Waals surface area contributed by atoms with Crippen molar-refractivity contribution in [1.29, 1.82) is 5.26 Å². The normalized spacial score (nSPS) is 26.4. The van der Waals surface area contributed by atoms with Gasteiger partial charge in [0.1, 0.15) is 6.04 Å². The van der Waals surface area contributed by atoms with Gasteiger partial charge in [-0.2, -0.15) is 5.26 Å². The minimum absolute atomic E-state index is 0.0406. The summed E-state index contributed by atoms with van der Waals surface area (Å²) in [7, 11) is 3.44. The summed E-state index contributed by atoms with van der Waals surface area (Å²) in [6.07, 6.45) is 2.22. The van der Waals surface area contributed by atoms with Crippen molar-refractivity contribution in [3.63, 3.8) is 0 Å². The van der Waals surface area contributed by atoms with Gasteiger partial charge in [0.25, 0.3) is 5.91 Å². The van der Waals surface area contributed by atoms with Crippen LogP contribution in [0.2, 0.25) is 0 Å². The Morgan fingerprint density at radius 1 is 1.33 bits per heavy atom. The summed E-state index contributed by atoms with van der Waals surface area (Å²) in [5, 5.41) is 9.26. The first kappa shape index (κ1) is 23.2. The van der Waals surface area contributed by atoms with Crippen LogP contribution in [-0.4, -0.2) is 95.2 Å². The fourth-order valence-corrected chi connectivity index (χ4v) is 5.46. The molecule has 3 fully saturated rings. The molecule has 2 N–H and O–H groups in total. The van der Waals surface area contributed by atoms with Crippen molar-refractivity contribution < 1.29 is 14.4 Å². The molecule has 2 bridgehead atoms. The highest BCUT2D eigenvalue weighted by Crippen LogP contribution is 2.38. The third kappa shape index (κ3) is 4.21. The van der Waals surface area contributed by atoms with Gasteiger partial charge in [-0.1, -0.05) is 12.1 Å². The molecule has 33 heavy (non-hydrogen) atoms. The van der Waals surface area contributed by atoms with Crippen LogP contribution in [0.5, 0.6) is 0 Å². The molecule has 0 radical (unpaired) electrons. The molecular formula is C24H32N6O3. The standard InChI is InChI=1S/C24H32N6O3/c1-15(16-6-4-7-17(10-16)22(31)27(2)3)30-19-11-21(24(30)33)28(13-19)14-20(26)23(32)29-9-5-8-18(29)12-25/h4,6-7,10,15,18-21H,5,8-9,11,13-14,26H2,1-3H3/t15-,18?,19-,20?,21?/m0/s1. The molecule has 4 rings (SSSR count). The molecule has 3 amide bonds. The number of fused-ring (bicyclic) bond motifs is 2. The molecule has 3 aliphatic heterocycles. The van der Waals surface area contributed by atoms with Gasteiger partial charge in [-0.25, -0.2) is 0 Å². The van der Waals surface area contributed by atoms with Gasteiger partial charge in [-0.3, -0.25) is 19.3 Å². The zero-order valence-corrected chi connectivity index (χ0v) is 19.5. The molecular weight excluding hydrogens is 420 g/mol. The maximum Gasteiger partial charge on any atom is 0.253 e. The van der Waals surface area contributed by atoms with Crippen LogP contribution in [0, 0.1) is 11.3 Å². The van der Waals surface area contributed by atoms with Crippen LogP contribution in [0.15, 0.2) is 24.3 Å². The average molecular weight is 453 g/mol. The number of carbonyl (C=O) groups is 3. The summed E-state index contributed by atoms with van der Waals surface area (Å²) in [6.45, 7) is 3.54. The third-order valence-corrected chi connectivity index (χ3v) is 7.19. The second kappa shape index (κ2) is 9.12. The summed E-state index contributed by atoms with van der Waals surface area (Å²) in [5.74, 6) is -0.236. The molecule has 9 nitrogen and oxygen atoms in total. The van der Waals surface area contributed by atoms with Crippen LogP contribution in [0.3, 0.4) is 0 Å². The largest absolute Gasteiger partial charge is 0.345 e. The topological polar surface area (TPSA) is 114 Å². The monoisotopic (exact) mass is 452 g/mol. The number of nitrogens with zero attached hydrogens (tertiary/aromatic N) is 5. The van der Waals surface area contributed by atoms with Crippen molar-refractivity contribution in [2.45, 2.75) is 56.4 Å². The molecule has 3 unspecified atom stereocenters. The smallest absolute Gasteiger partial charge is 0.253 e. The zero-order chi connectivity index (χ0) is 23.9. The van der Waals surface area contributed by atoms with Crippen LogP contribution < -0.4 is 5.73 Å². The highest BCUT2D eigenvalue weighted by molar-refractivity contribution is 5.94. The first-order valence-corrected chi connectivity index (χ1v) is 11.6. The van der Waals surface area contributed by atoms with Crippen LogP contribution in [-0.2, 0) is 9.59 Å². The predicted molar refractivity (Wildman–Crippen MR) is 122 cm³/mol. The Kier molecular flexibility index (Phi) is 6.41. The van der Waals surface area contributed by atoms with E-state index >= 15 is 0 Å². The van der Waals surface area contributed by atoms with E-state index < -0.39 is 12.1 Å². The van der Waals surface area contributed by atoms with Crippen molar-refractivity contribution in [2.24, 2.45) is 5.73 Å². The Bertz CT molecular complexity index is 989. The van der Waals surface area contributed by atoms with Gasteiger partial charge >= 0.3 is 0 Å². The average Bonchev–Trinajstić information content (AvgIpc) is 3.52. The lowest BCUT2D eigenvalue weighted by Crippen LogP contribution is -2.56. The predicted octanol–water partition coefficient (Wildman–Crippen LogP) is 0.576. The van der Waals surface area contributed by atoms with Crippen molar-refractivity contribution in [1.82, 2.24) is 19.6 Å². The summed E-state index contributed by atoms with van der Waals surface area (Å²) >= 11 is 0. The minimum atomic E-state index is -0.745. The van der Waals surface area contributed by atoms with Crippen molar-refractivity contribution in [2.75, 3.05) is 33.7 Å². The Morgan fingerprint density at radius 3 is 2.76 bits per heavy atom. The third-order valence-electron chi connectivity index (χ3n) is 7.19. The van der Waals surface area contributed by atoms with E-state index in [9.17, 15) is 19.6 Å². The van der Waals surface area contributed by atoms with Crippen LogP contribution in [0.1, 0.15) is 48.1 Å². The summed E-state index contributed by atoms with van der Waals surface area (Å²) < 4.78 is 0. The molecule has 3 aliphatic rings. The number of amides is 3. The molecule has 0 spiro atoms. The lowest BCUT2D eigenvalue weighted by Gasteiger charge is -2.38. The number of rotatable bonds is 6. The van der Waals surface area contributed by atoms with E-state index in [-0.39, 0.29) is 35.8 Å². The van der Waals surface area contributed by atoms with Crippen LogP contribution in [0.25, 0.3) is 0 Å². The number of carbonyl (C=O) groups excluding carboxylic acids is 3. The van der Waals surface area contributed by atoms with Crippen LogP contribution >= 0.6 is 0 Å². The minimum Gasteiger partial charge on any atom is -0.345 e. The first-order chi connectivity index (χ1) is 15.7. The van der Waals surface area contributed by atoms with E-state index in [2.05, 4.69) is 6.07 Å². The Morgan fingerprint density at radius 2 is 2.09 bits per heavy atom. The number of benzene rings is 1. The van der Waals surface area contributed by atoms with E-state index in [0.29, 0.717) is 38.0 Å². The van der Waals surface area contributed by atoms with E-state index in [1.165, 1.54) is 4.90 Å². The lowest BCUT2D eigenvalue weighted by atomic mass is 10.0. The Hall–Kier alpha value is -2.96. The van der Waals surface area contributed by atoms with E-state index in [4.69, 9.17) is 5.73 Å². The number of likely N-dealkylation sites (tertiary alicyclic amines) is 3. The van der Waals surface area contributed by atoms with Gasteiger partial charge in [0, 0.05) is 45.3 Å². The molecule has 0 saturated carbocycles. The van der Waals surface area contributed by atoms with Gasteiger partial charge in [0.05, 0.1) is 24.2 Å². The highest BCUT2D eigenvalue weighted by atomic mass is 16.2. The highest BCUT2D eigenvalue weighted by Gasteiger charge is 2.51. The number of hydrogen-bond acceptors (Lipinski definition) is 6. The molecule has 176 valence electrons. The molecule has 3 saturated heterocycles. The number of hydrogen-bond donors (Lipinski definition) is 1. The summed E-state index contributed by atoms with van der Waals surface area (Å²) in [4.78, 5) is 45.4. The van der Waals surface area contributed by atoms with Gasteiger partial charge in [-0.05, 0) is 43.9 Å². The van der Waals surface area contributed by atoms with Crippen molar-refractivity contribution in [3.8, 4) is 6.07 Å². The Balaban J connectivity index is 1.41. The van der Waals surface area contributed by atoms with Gasteiger partial charge in [0.2, 0.25) is 11.8 Å². The van der Waals surface area contributed by atoms with Gasteiger partial charge in [0.15, 0.2) is 0 Å². The molecule has 5 atom stereocenters. The van der Waals surface area contributed by atoms with Crippen molar-refractivity contribution >= 4 is 17.7 Å². The zero-order valence-electron chi connectivity index (χ0n) is 19.5. The maximum atomic E-state index is 13.3. The van der Waals surface area contributed by atoms with E-state index in [1.807, 2.05) is 34.9 Å². The first-order valence-electron chi connectivity index (χ1n) is 11.6. The molecule has 0 aromatic heterocycles. The second-order valence-electron chi connectivity index (χ2n) is 9.53. The van der Waals surface area contributed by atoms with Gasteiger partial charge in [-0.15, -0.1) is 0 Å². The molecule has 9 heteroatoms. The Labute approximate surface area is 194 Å². The lowest BCUT2D eigenvalue weighted by molar-refractivity contribution is -0.140.